The molecule has 5 heteroatoms. The standard InChI is InChI=1S/C12H20N2O3/c1-6-8-14(7-2)11(17)13-9(10(15)16)12(3,4)5/h1,9H,7-8H2,2-5H3,(H,13,17)(H,15,16)/t9-/m1/s1. The molecule has 2 N–H and O–H groups in total. The van der Waals surface area contributed by atoms with Gasteiger partial charge in [-0.3, -0.25) is 0 Å². The van der Waals surface area contributed by atoms with Crippen molar-refractivity contribution in [2.24, 2.45) is 5.41 Å². The highest BCUT2D eigenvalue weighted by molar-refractivity contribution is 5.83. The zero-order valence-electron chi connectivity index (χ0n) is 10.8. The van der Waals surface area contributed by atoms with E-state index in [9.17, 15) is 9.59 Å². The van der Waals surface area contributed by atoms with Crippen LogP contribution >= 0.6 is 0 Å². The third kappa shape index (κ3) is 4.77. The summed E-state index contributed by atoms with van der Waals surface area (Å²) in [4.78, 5) is 24.2. The van der Waals surface area contributed by atoms with Gasteiger partial charge in [0.05, 0.1) is 6.54 Å². The third-order valence-corrected chi connectivity index (χ3v) is 2.33. The Balaban J connectivity index is 4.73. The lowest BCUT2D eigenvalue weighted by atomic mass is 9.87. The monoisotopic (exact) mass is 240 g/mol. The van der Waals surface area contributed by atoms with Crippen LogP contribution in [0.2, 0.25) is 0 Å². The van der Waals surface area contributed by atoms with E-state index in [1.165, 1.54) is 4.90 Å². The number of amides is 2. The van der Waals surface area contributed by atoms with E-state index in [-0.39, 0.29) is 6.54 Å². The molecule has 0 radical (unpaired) electrons. The first-order valence-corrected chi connectivity index (χ1v) is 5.45. The molecule has 2 amide bonds. The van der Waals surface area contributed by atoms with Crippen LogP contribution in [0.4, 0.5) is 4.79 Å². The maximum atomic E-state index is 11.8. The average Bonchev–Trinajstić information content (AvgIpc) is 2.19. The van der Waals surface area contributed by atoms with Crippen LogP contribution in [-0.2, 0) is 4.79 Å². The number of hydrogen-bond acceptors (Lipinski definition) is 2. The van der Waals surface area contributed by atoms with Crippen molar-refractivity contribution < 1.29 is 14.7 Å². The predicted molar refractivity (Wildman–Crippen MR) is 65.5 cm³/mol. The molecule has 0 aromatic heterocycles. The number of carboxylic acids is 1. The summed E-state index contributed by atoms with van der Waals surface area (Å²) in [5, 5.41) is 11.6. The highest BCUT2D eigenvalue weighted by Crippen LogP contribution is 2.19. The molecule has 96 valence electrons. The first-order valence-electron chi connectivity index (χ1n) is 5.45. The number of urea groups is 1. The molecule has 0 spiro atoms. The Morgan fingerprint density at radius 2 is 2.00 bits per heavy atom. The summed E-state index contributed by atoms with van der Waals surface area (Å²) < 4.78 is 0. The molecule has 1 atom stereocenters. The van der Waals surface area contributed by atoms with Crippen LogP contribution in [-0.4, -0.2) is 41.1 Å². The van der Waals surface area contributed by atoms with Gasteiger partial charge in [-0.1, -0.05) is 26.7 Å². The molecule has 5 nitrogen and oxygen atoms in total. The number of rotatable bonds is 4. The van der Waals surface area contributed by atoms with Crippen molar-refractivity contribution in [2.75, 3.05) is 13.1 Å². The number of carbonyl (C=O) groups is 2. The molecule has 0 unspecified atom stereocenters. The van der Waals surface area contributed by atoms with Crippen molar-refractivity contribution in [1.29, 1.82) is 0 Å². The summed E-state index contributed by atoms with van der Waals surface area (Å²) in [6.45, 7) is 7.64. The zero-order chi connectivity index (χ0) is 13.6. The lowest BCUT2D eigenvalue weighted by molar-refractivity contribution is -0.142. The van der Waals surface area contributed by atoms with Crippen molar-refractivity contribution in [1.82, 2.24) is 10.2 Å². The van der Waals surface area contributed by atoms with Gasteiger partial charge in [-0.2, -0.15) is 0 Å². The van der Waals surface area contributed by atoms with Gasteiger partial charge in [-0.05, 0) is 12.3 Å². The number of aliphatic carboxylic acids is 1. The van der Waals surface area contributed by atoms with Gasteiger partial charge in [-0.25, -0.2) is 9.59 Å². The molecule has 0 aliphatic rings. The van der Waals surface area contributed by atoms with E-state index in [2.05, 4.69) is 11.2 Å². The van der Waals surface area contributed by atoms with E-state index in [4.69, 9.17) is 11.5 Å². The molecule has 0 saturated carbocycles. The Kier molecular flexibility index (Phi) is 5.52. The minimum Gasteiger partial charge on any atom is -0.480 e. The molecule has 0 aliphatic heterocycles. The van der Waals surface area contributed by atoms with Gasteiger partial charge in [0, 0.05) is 6.54 Å². The summed E-state index contributed by atoms with van der Waals surface area (Å²) >= 11 is 0. The minimum atomic E-state index is -1.05. The number of hydrogen-bond donors (Lipinski definition) is 2. The minimum absolute atomic E-state index is 0.165. The second-order valence-electron chi connectivity index (χ2n) is 4.81. The second kappa shape index (κ2) is 6.14. The normalized spacial score (nSPS) is 12.4. The largest absolute Gasteiger partial charge is 0.480 e. The van der Waals surface area contributed by atoms with Crippen LogP contribution in [0.5, 0.6) is 0 Å². The SMILES string of the molecule is C#CCN(CC)C(=O)N[C@H](C(=O)O)C(C)(C)C. The van der Waals surface area contributed by atoms with E-state index in [1.807, 2.05) is 0 Å². The van der Waals surface area contributed by atoms with Gasteiger partial charge in [0.25, 0.3) is 0 Å². The zero-order valence-corrected chi connectivity index (χ0v) is 10.8. The van der Waals surface area contributed by atoms with Gasteiger partial charge in [0.15, 0.2) is 0 Å². The van der Waals surface area contributed by atoms with Crippen LogP contribution in [0.1, 0.15) is 27.7 Å². The van der Waals surface area contributed by atoms with E-state index in [0.29, 0.717) is 6.54 Å². The van der Waals surface area contributed by atoms with E-state index in [0.717, 1.165) is 0 Å². The quantitative estimate of drug-likeness (QED) is 0.724. The Bertz CT molecular complexity index is 326. The summed E-state index contributed by atoms with van der Waals surface area (Å²) in [5.41, 5.74) is -0.558. The summed E-state index contributed by atoms with van der Waals surface area (Å²) in [5.74, 6) is 1.31. The molecular weight excluding hydrogens is 220 g/mol. The van der Waals surface area contributed by atoms with Gasteiger partial charge in [0.2, 0.25) is 0 Å². The average molecular weight is 240 g/mol. The fraction of sp³-hybridized carbons (Fsp3) is 0.667. The summed E-state index contributed by atoms with van der Waals surface area (Å²) in [6, 6.07) is -1.39. The highest BCUT2D eigenvalue weighted by atomic mass is 16.4. The molecule has 0 saturated heterocycles. The molecule has 0 aromatic rings. The third-order valence-electron chi connectivity index (χ3n) is 2.33. The molecular formula is C12H20N2O3. The Morgan fingerprint density at radius 1 is 1.47 bits per heavy atom. The second-order valence-corrected chi connectivity index (χ2v) is 4.81. The van der Waals surface area contributed by atoms with Crippen molar-refractivity contribution in [3.05, 3.63) is 0 Å². The number of carboxylic acid groups (broad SMARTS) is 1. The van der Waals surface area contributed by atoms with Crippen LogP contribution in [0, 0.1) is 17.8 Å². The Hall–Kier alpha value is -1.70. The number of nitrogens with one attached hydrogen (secondary N) is 1. The van der Waals surface area contributed by atoms with Crippen LogP contribution < -0.4 is 5.32 Å². The fourth-order valence-electron chi connectivity index (χ4n) is 1.30. The lowest BCUT2D eigenvalue weighted by Crippen LogP contribution is -2.53. The van der Waals surface area contributed by atoms with Crippen LogP contribution in [0.3, 0.4) is 0 Å². The van der Waals surface area contributed by atoms with Crippen LogP contribution in [0.15, 0.2) is 0 Å². The molecule has 0 aliphatic carbocycles. The Morgan fingerprint density at radius 3 is 2.29 bits per heavy atom. The molecule has 0 bridgehead atoms. The van der Waals surface area contributed by atoms with E-state index >= 15 is 0 Å². The number of terminal acetylenes is 1. The maximum absolute atomic E-state index is 11.8. The van der Waals surface area contributed by atoms with Gasteiger partial charge in [0.1, 0.15) is 6.04 Å². The van der Waals surface area contributed by atoms with Gasteiger partial charge < -0.3 is 15.3 Å². The smallest absolute Gasteiger partial charge is 0.326 e. The molecule has 0 heterocycles. The number of nitrogens with zero attached hydrogens (tertiary/aromatic N) is 1. The topological polar surface area (TPSA) is 69.6 Å². The van der Waals surface area contributed by atoms with Gasteiger partial charge >= 0.3 is 12.0 Å². The lowest BCUT2D eigenvalue weighted by Gasteiger charge is -2.30. The molecule has 0 rings (SSSR count). The maximum Gasteiger partial charge on any atom is 0.326 e. The fourth-order valence-corrected chi connectivity index (χ4v) is 1.30. The van der Waals surface area contributed by atoms with Crippen molar-refractivity contribution in [3.8, 4) is 12.3 Å². The summed E-state index contributed by atoms with van der Waals surface area (Å²) in [7, 11) is 0. The first kappa shape index (κ1) is 15.3. The first-order chi connectivity index (χ1) is 7.73. The predicted octanol–water partition coefficient (Wildman–Crippen LogP) is 1.15. The van der Waals surface area contributed by atoms with E-state index < -0.39 is 23.5 Å². The molecule has 0 fully saturated rings. The van der Waals surface area contributed by atoms with Crippen molar-refractivity contribution in [2.45, 2.75) is 33.7 Å². The van der Waals surface area contributed by atoms with Crippen LogP contribution in [0.25, 0.3) is 0 Å². The molecule has 0 aromatic carbocycles. The van der Waals surface area contributed by atoms with Crippen molar-refractivity contribution in [3.63, 3.8) is 0 Å². The Labute approximate surface area is 102 Å². The summed E-state index contributed by atoms with van der Waals surface area (Å²) in [6.07, 6.45) is 5.13. The highest BCUT2D eigenvalue weighted by Gasteiger charge is 2.33. The molecule has 17 heavy (non-hydrogen) atoms. The van der Waals surface area contributed by atoms with Crippen molar-refractivity contribution >= 4 is 12.0 Å². The number of carbonyl (C=O) groups excluding carboxylic acids is 1. The van der Waals surface area contributed by atoms with Gasteiger partial charge in [-0.15, -0.1) is 6.42 Å². The van der Waals surface area contributed by atoms with E-state index in [1.54, 1.807) is 27.7 Å².